The molecule has 0 aromatic heterocycles. The maximum atomic E-state index is 12.4. The highest BCUT2D eigenvalue weighted by Gasteiger charge is 2.28. The third kappa shape index (κ3) is 2.44. The third-order valence-corrected chi connectivity index (χ3v) is 3.58. The van der Waals surface area contributed by atoms with Crippen molar-refractivity contribution in [3.63, 3.8) is 0 Å². The van der Waals surface area contributed by atoms with Crippen LogP contribution in [0.5, 0.6) is 17.2 Å². The van der Waals surface area contributed by atoms with E-state index < -0.39 is 0 Å². The third-order valence-electron chi connectivity index (χ3n) is 3.58. The fourth-order valence-corrected chi connectivity index (χ4v) is 2.43. The summed E-state index contributed by atoms with van der Waals surface area (Å²) in [6, 6.07) is 11.0. The summed E-state index contributed by atoms with van der Waals surface area (Å²) in [5.74, 6) is 2.14. The van der Waals surface area contributed by atoms with Gasteiger partial charge in [-0.3, -0.25) is 4.79 Å². The van der Waals surface area contributed by atoms with Crippen LogP contribution in [0.4, 0.5) is 0 Å². The first kappa shape index (κ1) is 14.2. The van der Waals surface area contributed by atoms with Crippen LogP contribution in [-0.4, -0.2) is 20.0 Å². The molecule has 0 radical (unpaired) electrons. The van der Waals surface area contributed by atoms with E-state index in [1.807, 2.05) is 31.2 Å². The molecule has 0 saturated carbocycles. The number of Topliss-reactive ketones (excluding diaryl/α,β-unsaturated/α-hetero) is 1. The predicted octanol–water partition coefficient (Wildman–Crippen LogP) is 3.63. The van der Waals surface area contributed by atoms with E-state index in [9.17, 15) is 4.79 Å². The Morgan fingerprint density at radius 1 is 1.09 bits per heavy atom. The molecule has 22 heavy (non-hydrogen) atoms. The number of allylic oxidation sites excluding steroid dienone is 1. The zero-order chi connectivity index (χ0) is 15.7. The van der Waals surface area contributed by atoms with E-state index in [4.69, 9.17) is 14.2 Å². The molecule has 0 bridgehead atoms. The summed E-state index contributed by atoms with van der Waals surface area (Å²) in [5, 5.41) is 0. The summed E-state index contributed by atoms with van der Waals surface area (Å²) < 4.78 is 16.1. The maximum absolute atomic E-state index is 12.4. The van der Waals surface area contributed by atoms with E-state index in [0.29, 0.717) is 22.8 Å². The Labute approximate surface area is 128 Å². The van der Waals surface area contributed by atoms with Gasteiger partial charge < -0.3 is 14.2 Å². The highest BCUT2D eigenvalue weighted by atomic mass is 16.5. The standard InChI is InChI=1S/C18H16O4/c1-11-7-14-16(10-15(11)21-3)22-17(18(14)19)9-12-5-4-6-13(8-12)20-2/h4-10H,1-3H3/b17-9-. The SMILES string of the molecule is COc1cccc(/C=C2\Oc3cc(OC)c(C)cc3C2=O)c1. The highest BCUT2D eigenvalue weighted by molar-refractivity contribution is 6.14. The Balaban J connectivity index is 1.98. The number of carbonyl (C=O) groups is 1. The molecule has 4 heteroatoms. The highest BCUT2D eigenvalue weighted by Crippen LogP contribution is 2.36. The van der Waals surface area contributed by atoms with Crippen LogP contribution >= 0.6 is 0 Å². The summed E-state index contributed by atoms with van der Waals surface area (Å²) in [7, 11) is 3.20. The van der Waals surface area contributed by atoms with Gasteiger partial charge in [-0.1, -0.05) is 12.1 Å². The van der Waals surface area contributed by atoms with Gasteiger partial charge in [-0.15, -0.1) is 0 Å². The number of benzene rings is 2. The Hall–Kier alpha value is -2.75. The van der Waals surface area contributed by atoms with Crippen molar-refractivity contribution in [2.24, 2.45) is 0 Å². The van der Waals surface area contributed by atoms with E-state index in [2.05, 4.69) is 0 Å². The van der Waals surface area contributed by atoms with Crippen molar-refractivity contribution in [3.8, 4) is 17.2 Å². The molecule has 112 valence electrons. The number of hydrogen-bond acceptors (Lipinski definition) is 4. The van der Waals surface area contributed by atoms with Gasteiger partial charge in [0.05, 0.1) is 19.8 Å². The molecule has 2 aromatic carbocycles. The fourth-order valence-electron chi connectivity index (χ4n) is 2.43. The van der Waals surface area contributed by atoms with Crippen molar-refractivity contribution < 1.29 is 19.0 Å². The summed E-state index contributed by atoms with van der Waals surface area (Å²) in [5.41, 5.74) is 2.31. The number of rotatable bonds is 3. The average Bonchev–Trinajstić information content (AvgIpc) is 2.82. The summed E-state index contributed by atoms with van der Waals surface area (Å²) in [6.45, 7) is 1.90. The van der Waals surface area contributed by atoms with Crippen LogP contribution in [0.15, 0.2) is 42.2 Å². The topological polar surface area (TPSA) is 44.8 Å². The van der Waals surface area contributed by atoms with Gasteiger partial charge in [0.2, 0.25) is 5.78 Å². The minimum absolute atomic E-state index is 0.122. The molecule has 0 unspecified atom stereocenters. The second-order valence-electron chi connectivity index (χ2n) is 5.03. The molecule has 0 N–H and O–H groups in total. The summed E-state index contributed by atoms with van der Waals surface area (Å²) in [4.78, 5) is 12.4. The Kier molecular flexibility index (Phi) is 3.59. The molecule has 0 saturated heterocycles. The zero-order valence-corrected chi connectivity index (χ0v) is 12.7. The predicted molar refractivity (Wildman–Crippen MR) is 83.7 cm³/mol. The van der Waals surface area contributed by atoms with Crippen LogP contribution in [0, 0.1) is 6.92 Å². The molecule has 3 rings (SSSR count). The van der Waals surface area contributed by atoms with Crippen molar-refractivity contribution in [1.82, 2.24) is 0 Å². The molecule has 0 fully saturated rings. The van der Waals surface area contributed by atoms with Crippen LogP contribution in [0.2, 0.25) is 0 Å². The first-order valence-corrected chi connectivity index (χ1v) is 6.89. The number of ether oxygens (including phenoxy) is 3. The Morgan fingerprint density at radius 2 is 1.91 bits per heavy atom. The van der Waals surface area contributed by atoms with Crippen molar-refractivity contribution >= 4 is 11.9 Å². The summed E-state index contributed by atoms with van der Waals surface area (Å²) >= 11 is 0. The van der Waals surface area contributed by atoms with Gasteiger partial charge in [0.25, 0.3) is 0 Å². The number of fused-ring (bicyclic) bond motifs is 1. The van der Waals surface area contributed by atoms with E-state index in [1.165, 1.54) is 0 Å². The molecule has 2 aromatic rings. The van der Waals surface area contributed by atoms with Crippen LogP contribution in [-0.2, 0) is 0 Å². The Morgan fingerprint density at radius 3 is 2.64 bits per heavy atom. The van der Waals surface area contributed by atoms with Crippen molar-refractivity contribution in [2.75, 3.05) is 14.2 Å². The number of methoxy groups -OCH3 is 2. The number of aryl methyl sites for hydroxylation is 1. The van der Waals surface area contributed by atoms with Crippen LogP contribution < -0.4 is 14.2 Å². The van der Waals surface area contributed by atoms with E-state index in [-0.39, 0.29) is 5.78 Å². The largest absolute Gasteiger partial charge is 0.497 e. The lowest BCUT2D eigenvalue weighted by molar-refractivity contribution is 0.101. The van der Waals surface area contributed by atoms with E-state index in [0.717, 1.165) is 16.9 Å². The number of hydrogen-bond donors (Lipinski definition) is 0. The lowest BCUT2D eigenvalue weighted by Gasteiger charge is -2.05. The number of carbonyl (C=O) groups excluding carboxylic acids is 1. The van der Waals surface area contributed by atoms with Crippen LogP contribution in [0.25, 0.3) is 6.08 Å². The van der Waals surface area contributed by atoms with Gasteiger partial charge in [0.1, 0.15) is 17.2 Å². The van der Waals surface area contributed by atoms with Gasteiger partial charge in [0, 0.05) is 6.07 Å². The van der Waals surface area contributed by atoms with Gasteiger partial charge in [-0.2, -0.15) is 0 Å². The maximum Gasteiger partial charge on any atom is 0.231 e. The second-order valence-corrected chi connectivity index (χ2v) is 5.03. The van der Waals surface area contributed by atoms with E-state index >= 15 is 0 Å². The first-order valence-electron chi connectivity index (χ1n) is 6.89. The molecule has 1 heterocycles. The molecule has 0 spiro atoms. The molecule has 0 amide bonds. The first-order chi connectivity index (χ1) is 10.6. The van der Waals surface area contributed by atoms with Crippen molar-refractivity contribution in [3.05, 3.63) is 58.8 Å². The fraction of sp³-hybridized carbons (Fsp3) is 0.167. The smallest absolute Gasteiger partial charge is 0.231 e. The van der Waals surface area contributed by atoms with Gasteiger partial charge in [0.15, 0.2) is 5.76 Å². The lowest BCUT2D eigenvalue weighted by Crippen LogP contribution is -1.98. The Bertz CT molecular complexity index is 775. The molecule has 1 aliphatic rings. The number of ketones is 1. The normalized spacial score (nSPS) is 14.7. The van der Waals surface area contributed by atoms with Gasteiger partial charge in [-0.05, 0) is 42.3 Å². The average molecular weight is 296 g/mol. The molecular formula is C18H16O4. The minimum atomic E-state index is -0.122. The molecule has 4 nitrogen and oxygen atoms in total. The monoisotopic (exact) mass is 296 g/mol. The quantitative estimate of drug-likeness (QED) is 0.811. The van der Waals surface area contributed by atoms with Crippen molar-refractivity contribution in [2.45, 2.75) is 6.92 Å². The molecule has 0 atom stereocenters. The summed E-state index contributed by atoms with van der Waals surface area (Å²) in [6.07, 6.45) is 1.71. The zero-order valence-electron chi connectivity index (χ0n) is 12.7. The van der Waals surface area contributed by atoms with Gasteiger partial charge in [-0.25, -0.2) is 0 Å². The molecule has 0 aliphatic carbocycles. The molecule has 1 aliphatic heterocycles. The second kappa shape index (κ2) is 5.56. The molecular weight excluding hydrogens is 280 g/mol. The van der Waals surface area contributed by atoms with Crippen molar-refractivity contribution in [1.29, 1.82) is 0 Å². The van der Waals surface area contributed by atoms with Crippen LogP contribution in [0.1, 0.15) is 21.5 Å². The van der Waals surface area contributed by atoms with Gasteiger partial charge >= 0.3 is 0 Å². The van der Waals surface area contributed by atoms with Crippen LogP contribution in [0.3, 0.4) is 0 Å². The minimum Gasteiger partial charge on any atom is -0.497 e. The lowest BCUT2D eigenvalue weighted by atomic mass is 10.1. The van der Waals surface area contributed by atoms with E-state index in [1.54, 1.807) is 32.4 Å².